The second-order valence-electron chi connectivity index (χ2n) is 5.96. The lowest BCUT2D eigenvalue weighted by molar-refractivity contribution is 0.0651. The highest BCUT2D eigenvalue weighted by Gasteiger charge is 2.34. The average Bonchev–Trinajstić information content (AvgIpc) is 3.05. The number of hydrogen-bond donors (Lipinski definition) is 0. The minimum absolute atomic E-state index is 0.159. The number of rotatable bonds is 5. The van der Waals surface area contributed by atoms with Gasteiger partial charge in [-0.3, -0.25) is 14.5 Å². The average molecular weight is 296 g/mol. The van der Waals surface area contributed by atoms with Crippen LogP contribution in [-0.2, 0) is 7.05 Å². The predicted molar refractivity (Wildman–Crippen MR) is 84.9 cm³/mol. The van der Waals surface area contributed by atoms with Gasteiger partial charge in [-0.05, 0) is 42.5 Å². The fourth-order valence-corrected chi connectivity index (χ4v) is 2.98. The molecular formula is C18H20N2O2. The molecule has 1 unspecified atom stereocenters. The highest BCUT2D eigenvalue weighted by atomic mass is 16.2. The summed E-state index contributed by atoms with van der Waals surface area (Å²) in [4.78, 5) is 25.9. The van der Waals surface area contributed by atoms with E-state index >= 15 is 0 Å². The maximum Gasteiger partial charge on any atom is 0.261 e. The molecule has 1 aliphatic rings. The number of aryl methyl sites for hydroxylation is 1. The van der Waals surface area contributed by atoms with E-state index < -0.39 is 0 Å². The lowest BCUT2D eigenvalue weighted by Gasteiger charge is -2.15. The van der Waals surface area contributed by atoms with Gasteiger partial charge in [0, 0.05) is 26.0 Å². The van der Waals surface area contributed by atoms with Gasteiger partial charge in [-0.1, -0.05) is 19.1 Å². The van der Waals surface area contributed by atoms with Crippen LogP contribution in [0, 0.1) is 0 Å². The fourth-order valence-electron chi connectivity index (χ4n) is 2.98. The van der Waals surface area contributed by atoms with Crippen molar-refractivity contribution >= 4 is 11.8 Å². The molecular weight excluding hydrogens is 276 g/mol. The lowest BCUT2D eigenvalue weighted by atomic mass is 9.99. The number of imide groups is 1. The minimum atomic E-state index is -0.159. The third-order valence-corrected chi connectivity index (χ3v) is 4.32. The van der Waals surface area contributed by atoms with Gasteiger partial charge < -0.3 is 4.57 Å². The highest BCUT2D eigenvalue weighted by molar-refractivity contribution is 6.21. The first-order valence-electron chi connectivity index (χ1n) is 7.65. The Bertz CT molecular complexity index is 682. The van der Waals surface area contributed by atoms with Crippen LogP contribution in [0.25, 0.3) is 0 Å². The third-order valence-electron chi connectivity index (χ3n) is 4.32. The van der Waals surface area contributed by atoms with Crippen molar-refractivity contribution in [3.63, 3.8) is 0 Å². The van der Waals surface area contributed by atoms with E-state index in [0.29, 0.717) is 23.6 Å². The van der Waals surface area contributed by atoms with Crippen molar-refractivity contribution in [2.24, 2.45) is 7.05 Å². The van der Waals surface area contributed by atoms with E-state index in [1.807, 2.05) is 17.8 Å². The molecule has 0 fully saturated rings. The number of aromatic nitrogens is 1. The van der Waals surface area contributed by atoms with Crippen molar-refractivity contribution < 1.29 is 9.59 Å². The molecule has 0 N–H and O–H groups in total. The van der Waals surface area contributed by atoms with E-state index in [0.717, 1.165) is 12.8 Å². The first kappa shape index (κ1) is 14.6. The second-order valence-corrected chi connectivity index (χ2v) is 5.96. The zero-order valence-corrected chi connectivity index (χ0v) is 13.0. The summed E-state index contributed by atoms with van der Waals surface area (Å²) in [5.74, 6) is 0.109. The van der Waals surface area contributed by atoms with E-state index in [4.69, 9.17) is 0 Å². The molecule has 3 rings (SSSR count). The normalized spacial score (nSPS) is 15.3. The molecule has 1 aromatic carbocycles. The molecule has 114 valence electrons. The van der Waals surface area contributed by atoms with Gasteiger partial charge in [0.25, 0.3) is 11.8 Å². The Morgan fingerprint density at radius 2 is 1.68 bits per heavy atom. The van der Waals surface area contributed by atoms with Gasteiger partial charge in [0.15, 0.2) is 0 Å². The van der Waals surface area contributed by atoms with Crippen LogP contribution in [0.15, 0.2) is 42.7 Å². The van der Waals surface area contributed by atoms with Crippen LogP contribution in [0.2, 0.25) is 0 Å². The topological polar surface area (TPSA) is 42.3 Å². The molecule has 1 aliphatic heterocycles. The van der Waals surface area contributed by atoms with E-state index in [1.54, 1.807) is 24.3 Å². The molecule has 2 aromatic rings. The SMILES string of the molecule is CC(CCCN1C(=O)c2ccccc2C1=O)c1ccn(C)c1. The lowest BCUT2D eigenvalue weighted by Crippen LogP contribution is -2.30. The van der Waals surface area contributed by atoms with Crippen LogP contribution in [0.3, 0.4) is 0 Å². The molecule has 22 heavy (non-hydrogen) atoms. The van der Waals surface area contributed by atoms with Gasteiger partial charge in [-0.25, -0.2) is 0 Å². The van der Waals surface area contributed by atoms with Gasteiger partial charge in [-0.15, -0.1) is 0 Å². The van der Waals surface area contributed by atoms with Crippen molar-refractivity contribution in [1.82, 2.24) is 9.47 Å². The Morgan fingerprint density at radius 3 is 2.23 bits per heavy atom. The molecule has 1 aromatic heterocycles. The van der Waals surface area contributed by atoms with Gasteiger partial charge in [-0.2, -0.15) is 0 Å². The Hall–Kier alpha value is -2.36. The van der Waals surface area contributed by atoms with Crippen molar-refractivity contribution in [3.05, 3.63) is 59.4 Å². The number of hydrogen-bond acceptors (Lipinski definition) is 2. The molecule has 4 heteroatoms. The number of fused-ring (bicyclic) bond motifs is 1. The van der Waals surface area contributed by atoms with E-state index in [-0.39, 0.29) is 11.8 Å². The van der Waals surface area contributed by atoms with Gasteiger partial charge in [0.1, 0.15) is 0 Å². The summed E-state index contributed by atoms with van der Waals surface area (Å²) in [5.41, 5.74) is 2.36. The number of nitrogens with zero attached hydrogens (tertiary/aromatic N) is 2. The van der Waals surface area contributed by atoms with Crippen molar-refractivity contribution in [3.8, 4) is 0 Å². The van der Waals surface area contributed by atoms with Gasteiger partial charge >= 0.3 is 0 Å². The Morgan fingerprint density at radius 1 is 1.05 bits per heavy atom. The Labute approximate surface area is 130 Å². The Balaban J connectivity index is 1.59. The van der Waals surface area contributed by atoms with E-state index in [1.165, 1.54) is 10.5 Å². The summed E-state index contributed by atoms with van der Waals surface area (Å²) in [6, 6.07) is 9.16. The summed E-state index contributed by atoms with van der Waals surface area (Å²) in [7, 11) is 2.01. The number of amides is 2. The molecule has 4 nitrogen and oxygen atoms in total. The van der Waals surface area contributed by atoms with Crippen LogP contribution in [0.1, 0.15) is 52.0 Å². The maximum absolute atomic E-state index is 12.3. The fraction of sp³-hybridized carbons (Fsp3) is 0.333. The first-order chi connectivity index (χ1) is 10.6. The predicted octanol–water partition coefficient (Wildman–Crippen LogP) is 3.21. The molecule has 2 heterocycles. The first-order valence-corrected chi connectivity index (χ1v) is 7.65. The van der Waals surface area contributed by atoms with Crippen molar-refractivity contribution in [2.75, 3.05) is 6.54 Å². The molecule has 0 spiro atoms. The highest BCUT2D eigenvalue weighted by Crippen LogP contribution is 2.25. The monoisotopic (exact) mass is 296 g/mol. The van der Waals surface area contributed by atoms with Crippen LogP contribution >= 0.6 is 0 Å². The number of carbonyl (C=O) groups excluding carboxylic acids is 2. The van der Waals surface area contributed by atoms with Crippen LogP contribution in [0.5, 0.6) is 0 Å². The third kappa shape index (κ3) is 2.56. The quantitative estimate of drug-likeness (QED) is 0.795. The number of carbonyl (C=O) groups is 2. The van der Waals surface area contributed by atoms with Crippen LogP contribution in [0.4, 0.5) is 0 Å². The zero-order valence-electron chi connectivity index (χ0n) is 13.0. The summed E-state index contributed by atoms with van der Waals surface area (Å²) >= 11 is 0. The standard InChI is InChI=1S/C18H20N2O2/c1-13(14-9-11-19(2)12-14)6-5-10-20-17(21)15-7-3-4-8-16(15)18(20)22/h3-4,7-9,11-13H,5-6,10H2,1-2H3. The largest absolute Gasteiger partial charge is 0.357 e. The molecule has 0 radical (unpaired) electrons. The van der Waals surface area contributed by atoms with Gasteiger partial charge in [0.2, 0.25) is 0 Å². The van der Waals surface area contributed by atoms with Gasteiger partial charge in [0.05, 0.1) is 11.1 Å². The van der Waals surface area contributed by atoms with E-state index in [2.05, 4.69) is 19.2 Å². The second kappa shape index (κ2) is 5.79. The molecule has 0 saturated heterocycles. The summed E-state index contributed by atoms with van der Waals surface area (Å²) < 4.78 is 2.04. The van der Waals surface area contributed by atoms with Crippen molar-refractivity contribution in [1.29, 1.82) is 0 Å². The number of benzene rings is 1. The Kier molecular flexibility index (Phi) is 3.84. The molecule has 2 amide bonds. The van der Waals surface area contributed by atoms with Crippen LogP contribution < -0.4 is 0 Å². The molecule has 0 bridgehead atoms. The minimum Gasteiger partial charge on any atom is -0.357 e. The smallest absolute Gasteiger partial charge is 0.261 e. The maximum atomic E-state index is 12.3. The molecule has 0 aliphatic carbocycles. The zero-order chi connectivity index (χ0) is 15.7. The van der Waals surface area contributed by atoms with E-state index in [9.17, 15) is 9.59 Å². The molecule has 0 saturated carbocycles. The molecule has 1 atom stereocenters. The van der Waals surface area contributed by atoms with Crippen LogP contribution in [-0.4, -0.2) is 27.8 Å². The summed E-state index contributed by atoms with van der Waals surface area (Å²) in [5, 5.41) is 0. The summed E-state index contributed by atoms with van der Waals surface area (Å²) in [6.07, 6.45) is 5.93. The summed E-state index contributed by atoms with van der Waals surface area (Å²) in [6.45, 7) is 2.67. The van der Waals surface area contributed by atoms with Crippen molar-refractivity contribution in [2.45, 2.75) is 25.7 Å².